The molecule has 0 N–H and O–H groups in total. The van der Waals surface area contributed by atoms with Crippen LogP contribution >= 0.6 is 0 Å². The number of rotatable bonds is 2. The lowest BCUT2D eigenvalue weighted by Gasteiger charge is -1.91. The minimum Gasteiger partial charge on any atom is -0.417 e. The summed E-state index contributed by atoms with van der Waals surface area (Å²) < 4.78 is 13.9. The van der Waals surface area contributed by atoms with Crippen LogP contribution in [0.4, 0.5) is 0 Å². The molecule has 0 heterocycles. The summed E-state index contributed by atoms with van der Waals surface area (Å²) in [5.41, 5.74) is 1.09. The van der Waals surface area contributed by atoms with Gasteiger partial charge in [-0.3, -0.25) is 0 Å². The van der Waals surface area contributed by atoms with Crippen LogP contribution in [0.15, 0.2) is 12.2 Å². The summed E-state index contributed by atoms with van der Waals surface area (Å²) >= 11 is 0.0882. The molecule has 0 atom stereocenters. The summed E-state index contributed by atoms with van der Waals surface area (Å²) in [4.78, 5) is 10.4. The number of hydrogen-bond acceptors (Lipinski definition) is 3. The molecule has 0 radical (unpaired) electrons. The highest BCUT2D eigenvalue weighted by molar-refractivity contribution is 7.64. The molecule has 0 bridgehead atoms. The van der Waals surface area contributed by atoms with Gasteiger partial charge < -0.3 is 4.74 Å². The van der Waals surface area contributed by atoms with Gasteiger partial charge in [0.2, 0.25) is 0 Å². The van der Waals surface area contributed by atoms with Crippen molar-refractivity contribution in [2.24, 2.45) is 0 Å². The van der Waals surface area contributed by atoms with E-state index in [4.69, 9.17) is 0 Å². The van der Waals surface area contributed by atoms with Crippen LogP contribution in [0.25, 0.3) is 0 Å². The second kappa shape index (κ2) is 4.03. The lowest BCUT2D eigenvalue weighted by Crippen LogP contribution is -2.02. The first-order valence-corrected chi connectivity index (χ1v) is 2.95. The minimum absolute atomic E-state index is 0.0882. The molecule has 0 aliphatic heterocycles. The fourth-order valence-corrected chi connectivity index (χ4v) is 0.291. The fraction of sp³-hybridized carbons (Fsp3) is 0.200. The largest absolute Gasteiger partial charge is 0.417 e. The summed E-state index contributed by atoms with van der Waals surface area (Å²) in [5, 5.41) is 0. The van der Waals surface area contributed by atoms with Gasteiger partial charge >= 0.3 is 5.97 Å². The maximum Gasteiger partial charge on any atom is 0.338 e. The van der Waals surface area contributed by atoms with E-state index in [1.807, 2.05) is 0 Å². The van der Waals surface area contributed by atoms with Crippen LogP contribution in [0.5, 0.6) is 0 Å². The molecule has 0 aromatic rings. The van der Waals surface area contributed by atoms with Gasteiger partial charge in [0.25, 0.3) is 0 Å². The Morgan fingerprint density at radius 1 is 1.78 bits per heavy atom. The SMILES string of the molecule is C=C(C)C(=O)OC=S=O. The van der Waals surface area contributed by atoms with Gasteiger partial charge in [0.1, 0.15) is 11.3 Å². The van der Waals surface area contributed by atoms with Gasteiger partial charge in [-0.05, 0) is 6.92 Å². The number of esters is 1. The molecule has 50 valence electrons. The van der Waals surface area contributed by atoms with E-state index in [0.29, 0.717) is 0 Å². The molecule has 0 aromatic heterocycles. The summed E-state index contributed by atoms with van der Waals surface area (Å²) in [5.74, 6) is -0.571. The lowest BCUT2D eigenvalue weighted by molar-refractivity contribution is -0.130. The lowest BCUT2D eigenvalue weighted by atomic mass is 10.4. The van der Waals surface area contributed by atoms with Gasteiger partial charge in [0.05, 0.1) is 0 Å². The normalized spacial score (nSPS) is 7.67. The molecular formula is C5H6O3S. The Bertz CT molecular complexity index is 179. The molecule has 0 unspecified atom stereocenters. The van der Waals surface area contributed by atoms with E-state index in [2.05, 4.69) is 11.3 Å². The summed E-state index contributed by atoms with van der Waals surface area (Å²) in [6, 6.07) is 0. The molecule has 0 spiro atoms. The van der Waals surface area contributed by atoms with Crippen molar-refractivity contribution < 1.29 is 13.7 Å². The molecule has 0 aromatic carbocycles. The Kier molecular flexibility index (Phi) is 3.62. The molecule has 0 saturated heterocycles. The van der Waals surface area contributed by atoms with Gasteiger partial charge in [-0.2, -0.15) is 0 Å². The molecule has 3 nitrogen and oxygen atoms in total. The van der Waals surface area contributed by atoms with Crippen molar-refractivity contribution >= 4 is 22.8 Å². The fourth-order valence-electron chi connectivity index (χ4n) is 0.164. The Balaban J connectivity index is 3.78. The molecular weight excluding hydrogens is 140 g/mol. The van der Waals surface area contributed by atoms with Crippen molar-refractivity contribution in [1.82, 2.24) is 0 Å². The molecule has 0 saturated carbocycles. The van der Waals surface area contributed by atoms with Crippen LogP contribution in [0, 0.1) is 0 Å². The zero-order valence-electron chi connectivity index (χ0n) is 4.92. The number of carbonyl (C=O) groups excluding carboxylic acids is 1. The maximum absolute atomic E-state index is 10.4. The van der Waals surface area contributed by atoms with Crippen LogP contribution in [-0.4, -0.2) is 15.7 Å². The summed E-state index contributed by atoms with van der Waals surface area (Å²) in [7, 11) is 0. The predicted molar refractivity (Wildman–Crippen MR) is 35.1 cm³/mol. The molecule has 0 rings (SSSR count). The molecule has 0 fully saturated rings. The van der Waals surface area contributed by atoms with Crippen molar-refractivity contribution in [2.75, 3.05) is 0 Å². The summed E-state index contributed by atoms with van der Waals surface area (Å²) in [6.07, 6.45) is 0. The second-order valence-corrected chi connectivity index (χ2v) is 1.76. The van der Waals surface area contributed by atoms with Crippen molar-refractivity contribution in [1.29, 1.82) is 0 Å². The van der Waals surface area contributed by atoms with Crippen molar-refractivity contribution in [2.45, 2.75) is 6.92 Å². The van der Waals surface area contributed by atoms with E-state index in [0.717, 1.165) is 5.55 Å². The van der Waals surface area contributed by atoms with Crippen LogP contribution < -0.4 is 0 Å². The van der Waals surface area contributed by atoms with Crippen LogP contribution in [0.2, 0.25) is 0 Å². The zero-order chi connectivity index (χ0) is 7.28. The van der Waals surface area contributed by atoms with Crippen LogP contribution in [0.3, 0.4) is 0 Å². The first-order valence-electron chi connectivity index (χ1n) is 2.15. The van der Waals surface area contributed by atoms with Crippen LogP contribution in [0.1, 0.15) is 6.92 Å². The predicted octanol–water partition coefficient (Wildman–Crippen LogP) is 0.0784. The molecule has 0 aliphatic carbocycles. The first kappa shape index (κ1) is 8.10. The average molecular weight is 146 g/mol. The van der Waals surface area contributed by atoms with Crippen molar-refractivity contribution in [3.05, 3.63) is 12.2 Å². The Morgan fingerprint density at radius 3 is 2.67 bits per heavy atom. The Labute approximate surface area is 56.4 Å². The average Bonchev–Trinajstić information content (AvgIpc) is 1.82. The van der Waals surface area contributed by atoms with E-state index < -0.39 is 5.97 Å². The maximum atomic E-state index is 10.4. The van der Waals surface area contributed by atoms with E-state index in [-0.39, 0.29) is 16.8 Å². The standard InChI is InChI=1S/C5H6O3S/c1-4(2)5(6)8-3-9-7/h3H,1H2,2H3. The highest BCUT2D eigenvalue weighted by Crippen LogP contribution is 1.87. The van der Waals surface area contributed by atoms with Gasteiger partial charge in [0.15, 0.2) is 5.55 Å². The monoisotopic (exact) mass is 146 g/mol. The summed E-state index contributed by atoms with van der Waals surface area (Å²) in [6.45, 7) is 4.81. The molecule has 9 heavy (non-hydrogen) atoms. The molecule has 4 heteroatoms. The number of hydrogen-bond donors (Lipinski definition) is 0. The van der Waals surface area contributed by atoms with Crippen molar-refractivity contribution in [3.8, 4) is 0 Å². The van der Waals surface area contributed by atoms with E-state index in [1.54, 1.807) is 0 Å². The number of carbonyl (C=O) groups is 1. The topological polar surface area (TPSA) is 43.4 Å². The van der Waals surface area contributed by atoms with E-state index in [1.165, 1.54) is 6.92 Å². The second-order valence-electron chi connectivity index (χ2n) is 1.38. The quantitative estimate of drug-likeness (QED) is 0.315. The Morgan fingerprint density at radius 2 is 2.33 bits per heavy atom. The smallest absolute Gasteiger partial charge is 0.338 e. The third-order valence-electron chi connectivity index (χ3n) is 0.543. The van der Waals surface area contributed by atoms with E-state index in [9.17, 15) is 9.00 Å². The highest BCUT2D eigenvalue weighted by Gasteiger charge is 1.98. The molecule has 0 aliphatic rings. The first-order chi connectivity index (χ1) is 4.18. The highest BCUT2D eigenvalue weighted by atomic mass is 32.1. The van der Waals surface area contributed by atoms with E-state index >= 15 is 0 Å². The Hall–Kier alpha value is -0.900. The third kappa shape index (κ3) is 3.66. The van der Waals surface area contributed by atoms with Gasteiger partial charge in [-0.1, -0.05) is 6.58 Å². The van der Waals surface area contributed by atoms with Gasteiger partial charge in [-0.25, -0.2) is 9.00 Å². The van der Waals surface area contributed by atoms with Gasteiger partial charge in [0, 0.05) is 5.57 Å². The molecule has 0 amide bonds. The third-order valence-corrected chi connectivity index (χ3v) is 0.718. The van der Waals surface area contributed by atoms with Crippen molar-refractivity contribution in [3.63, 3.8) is 0 Å². The number of ether oxygens (including phenoxy) is 1. The van der Waals surface area contributed by atoms with Gasteiger partial charge in [-0.15, -0.1) is 0 Å². The minimum atomic E-state index is -0.571. The van der Waals surface area contributed by atoms with Crippen LogP contribution in [-0.2, 0) is 20.8 Å². The zero-order valence-corrected chi connectivity index (χ0v) is 5.73.